The van der Waals surface area contributed by atoms with Crippen molar-refractivity contribution < 1.29 is 0 Å². The summed E-state index contributed by atoms with van der Waals surface area (Å²) in [6.07, 6.45) is 1.99. The zero-order valence-electron chi connectivity index (χ0n) is 11.3. The topological polar surface area (TPSA) is 42.7 Å². The SMILES string of the molecule is Cc1csc(CNc2ccn(Cc3ccccc3)n2)n1. The Kier molecular flexibility index (Phi) is 3.78. The number of nitrogens with one attached hydrogen (secondary N) is 1. The van der Waals surface area contributed by atoms with E-state index in [4.69, 9.17) is 0 Å². The number of rotatable bonds is 5. The lowest BCUT2D eigenvalue weighted by Gasteiger charge is -2.02. The molecule has 0 bridgehead atoms. The molecule has 102 valence electrons. The molecule has 20 heavy (non-hydrogen) atoms. The highest BCUT2D eigenvalue weighted by atomic mass is 32.1. The number of aromatic nitrogens is 3. The minimum Gasteiger partial charge on any atom is -0.362 e. The van der Waals surface area contributed by atoms with Gasteiger partial charge in [0, 0.05) is 23.3 Å². The largest absolute Gasteiger partial charge is 0.362 e. The van der Waals surface area contributed by atoms with Crippen molar-refractivity contribution in [3.63, 3.8) is 0 Å². The maximum atomic E-state index is 4.51. The second-order valence-electron chi connectivity index (χ2n) is 4.62. The Hall–Kier alpha value is -2.14. The van der Waals surface area contributed by atoms with Gasteiger partial charge in [-0.05, 0) is 12.5 Å². The molecular formula is C15H16N4S. The van der Waals surface area contributed by atoms with Gasteiger partial charge >= 0.3 is 0 Å². The van der Waals surface area contributed by atoms with Crippen LogP contribution in [0.15, 0.2) is 48.0 Å². The van der Waals surface area contributed by atoms with Gasteiger partial charge in [-0.1, -0.05) is 30.3 Å². The maximum Gasteiger partial charge on any atom is 0.148 e. The monoisotopic (exact) mass is 284 g/mol. The van der Waals surface area contributed by atoms with Crippen LogP contribution in [-0.2, 0) is 13.1 Å². The summed E-state index contributed by atoms with van der Waals surface area (Å²) in [5.74, 6) is 0.883. The van der Waals surface area contributed by atoms with Crippen LogP contribution in [0.4, 0.5) is 5.82 Å². The van der Waals surface area contributed by atoms with E-state index in [1.807, 2.05) is 42.1 Å². The van der Waals surface area contributed by atoms with Crippen LogP contribution in [0.25, 0.3) is 0 Å². The van der Waals surface area contributed by atoms with Gasteiger partial charge in [0.15, 0.2) is 0 Å². The number of benzene rings is 1. The molecule has 0 aliphatic carbocycles. The smallest absolute Gasteiger partial charge is 0.148 e. The molecule has 0 radical (unpaired) electrons. The fourth-order valence-electron chi connectivity index (χ4n) is 1.96. The van der Waals surface area contributed by atoms with Gasteiger partial charge in [-0.25, -0.2) is 4.98 Å². The van der Waals surface area contributed by atoms with Crippen LogP contribution in [0.2, 0.25) is 0 Å². The van der Waals surface area contributed by atoms with Crippen LogP contribution < -0.4 is 5.32 Å². The summed E-state index contributed by atoms with van der Waals surface area (Å²) in [6, 6.07) is 12.3. The number of anilines is 1. The van der Waals surface area contributed by atoms with Crippen LogP contribution in [0, 0.1) is 6.92 Å². The molecule has 0 unspecified atom stereocenters. The van der Waals surface area contributed by atoms with Crippen molar-refractivity contribution in [2.45, 2.75) is 20.0 Å². The maximum absolute atomic E-state index is 4.51. The van der Waals surface area contributed by atoms with Gasteiger partial charge in [0.25, 0.3) is 0 Å². The van der Waals surface area contributed by atoms with Crippen LogP contribution in [-0.4, -0.2) is 14.8 Å². The molecule has 3 aromatic rings. The molecule has 0 amide bonds. The van der Waals surface area contributed by atoms with Crippen molar-refractivity contribution in [2.75, 3.05) is 5.32 Å². The minimum atomic E-state index is 0.723. The summed E-state index contributed by atoms with van der Waals surface area (Å²) in [7, 11) is 0. The third kappa shape index (κ3) is 3.24. The zero-order valence-corrected chi connectivity index (χ0v) is 12.1. The first-order valence-electron chi connectivity index (χ1n) is 6.52. The number of aryl methyl sites for hydroxylation is 1. The van der Waals surface area contributed by atoms with Crippen molar-refractivity contribution in [1.82, 2.24) is 14.8 Å². The fourth-order valence-corrected chi connectivity index (χ4v) is 2.68. The van der Waals surface area contributed by atoms with Crippen LogP contribution in [0.5, 0.6) is 0 Å². The Morgan fingerprint density at radius 2 is 2.05 bits per heavy atom. The van der Waals surface area contributed by atoms with E-state index in [1.165, 1.54) is 5.56 Å². The number of hydrogen-bond donors (Lipinski definition) is 1. The molecular weight excluding hydrogens is 268 g/mol. The van der Waals surface area contributed by atoms with E-state index >= 15 is 0 Å². The lowest BCUT2D eigenvalue weighted by Crippen LogP contribution is -2.03. The predicted molar refractivity (Wildman–Crippen MR) is 81.9 cm³/mol. The summed E-state index contributed by atoms with van der Waals surface area (Å²) in [6.45, 7) is 3.52. The average molecular weight is 284 g/mol. The summed E-state index contributed by atoms with van der Waals surface area (Å²) in [4.78, 5) is 4.42. The van der Waals surface area contributed by atoms with Crippen molar-refractivity contribution in [3.05, 3.63) is 64.2 Å². The molecule has 0 aliphatic rings. The highest BCUT2D eigenvalue weighted by Crippen LogP contribution is 2.12. The van der Waals surface area contributed by atoms with Gasteiger partial charge in [-0.2, -0.15) is 5.10 Å². The molecule has 2 aromatic heterocycles. The Balaban J connectivity index is 1.59. The van der Waals surface area contributed by atoms with Crippen LogP contribution >= 0.6 is 11.3 Å². The van der Waals surface area contributed by atoms with Gasteiger partial charge in [-0.3, -0.25) is 4.68 Å². The second-order valence-corrected chi connectivity index (χ2v) is 5.56. The molecule has 2 heterocycles. The normalized spacial score (nSPS) is 10.7. The first kappa shape index (κ1) is 12.9. The van der Waals surface area contributed by atoms with E-state index in [-0.39, 0.29) is 0 Å². The highest BCUT2D eigenvalue weighted by Gasteiger charge is 2.02. The lowest BCUT2D eigenvalue weighted by atomic mass is 10.2. The Morgan fingerprint density at radius 1 is 1.20 bits per heavy atom. The van der Waals surface area contributed by atoms with Crippen LogP contribution in [0.1, 0.15) is 16.3 Å². The Labute approximate surface area is 122 Å². The number of nitrogens with zero attached hydrogens (tertiary/aromatic N) is 3. The fraction of sp³-hybridized carbons (Fsp3) is 0.200. The molecule has 0 saturated heterocycles. The molecule has 5 heteroatoms. The van der Waals surface area contributed by atoms with Gasteiger partial charge in [-0.15, -0.1) is 11.3 Å². The zero-order chi connectivity index (χ0) is 13.8. The molecule has 0 atom stereocenters. The molecule has 0 spiro atoms. The predicted octanol–water partition coefficient (Wildman–Crippen LogP) is 3.31. The van der Waals surface area contributed by atoms with Crippen molar-refractivity contribution in [2.24, 2.45) is 0 Å². The van der Waals surface area contributed by atoms with E-state index in [2.05, 4.69) is 32.9 Å². The van der Waals surface area contributed by atoms with Gasteiger partial charge in [0.2, 0.25) is 0 Å². The third-order valence-corrected chi connectivity index (χ3v) is 3.88. The van der Waals surface area contributed by atoms with E-state index in [0.29, 0.717) is 0 Å². The van der Waals surface area contributed by atoms with Crippen molar-refractivity contribution >= 4 is 17.2 Å². The van der Waals surface area contributed by atoms with Crippen molar-refractivity contribution in [3.8, 4) is 0 Å². The minimum absolute atomic E-state index is 0.723. The lowest BCUT2D eigenvalue weighted by molar-refractivity contribution is 0.688. The van der Waals surface area contributed by atoms with E-state index < -0.39 is 0 Å². The number of hydrogen-bond acceptors (Lipinski definition) is 4. The summed E-state index contributed by atoms with van der Waals surface area (Å²) >= 11 is 1.67. The van der Waals surface area contributed by atoms with E-state index in [1.54, 1.807) is 11.3 Å². The Bertz CT molecular complexity index is 672. The van der Waals surface area contributed by atoms with Gasteiger partial charge < -0.3 is 5.32 Å². The molecule has 1 N–H and O–H groups in total. The average Bonchev–Trinajstić information content (AvgIpc) is 3.07. The highest BCUT2D eigenvalue weighted by molar-refractivity contribution is 7.09. The van der Waals surface area contributed by atoms with E-state index in [0.717, 1.165) is 29.6 Å². The van der Waals surface area contributed by atoms with E-state index in [9.17, 15) is 0 Å². The molecule has 1 aromatic carbocycles. The Morgan fingerprint density at radius 3 is 2.80 bits per heavy atom. The summed E-state index contributed by atoms with van der Waals surface area (Å²) < 4.78 is 1.94. The van der Waals surface area contributed by atoms with Gasteiger partial charge in [0.1, 0.15) is 10.8 Å². The van der Waals surface area contributed by atoms with Crippen molar-refractivity contribution in [1.29, 1.82) is 0 Å². The third-order valence-electron chi connectivity index (χ3n) is 2.92. The molecule has 4 nitrogen and oxygen atoms in total. The summed E-state index contributed by atoms with van der Waals surface area (Å²) in [5, 5.41) is 11.0. The molecule has 0 fully saturated rings. The standard InChI is InChI=1S/C15H16N4S/c1-12-11-20-15(17-12)9-16-14-7-8-19(18-14)10-13-5-3-2-4-6-13/h2-8,11H,9-10H2,1H3,(H,16,18). The molecule has 0 aliphatic heterocycles. The first-order chi connectivity index (χ1) is 9.79. The molecule has 3 rings (SSSR count). The number of thiazole rings is 1. The molecule has 0 saturated carbocycles. The quantitative estimate of drug-likeness (QED) is 0.781. The van der Waals surface area contributed by atoms with Gasteiger partial charge in [0.05, 0.1) is 13.1 Å². The summed E-state index contributed by atoms with van der Waals surface area (Å²) in [5.41, 5.74) is 2.32. The first-order valence-corrected chi connectivity index (χ1v) is 7.40. The van der Waals surface area contributed by atoms with Crippen LogP contribution in [0.3, 0.4) is 0 Å². The second kappa shape index (κ2) is 5.88.